The van der Waals surface area contributed by atoms with Gasteiger partial charge in [-0.1, -0.05) is 48.0 Å². The average Bonchev–Trinajstić information content (AvgIpc) is 3.13. The maximum atomic E-state index is 14.4. The van der Waals surface area contributed by atoms with E-state index in [-0.39, 0.29) is 5.56 Å². The number of halogens is 2. The number of methoxy groups -OCH3 is 1. The average molecular weight is 379 g/mol. The van der Waals surface area contributed by atoms with Gasteiger partial charge in [-0.2, -0.15) is 0 Å². The molecule has 0 amide bonds. The number of H-pyrrole nitrogens is 1. The summed E-state index contributed by atoms with van der Waals surface area (Å²) in [6.45, 7) is 0. The van der Waals surface area contributed by atoms with Crippen LogP contribution in [0.5, 0.6) is 5.75 Å². The van der Waals surface area contributed by atoms with Crippen molar-refractivity contribution < 1.29 is 9.13 Å². The molecule has 0 unspecified atom stereocenters. The molecule has 0 atom stereocenters. The number of benzene rings is 3. The Labute approximate surface area is 161 Å². The summed E-state index contributed by atoms with van der Waals surface area (Å²) in [4.78, 5) is 7.94. The first-order chi connectivity index (χ1) is 13.2. The molecule has 0 fully saturated rings. The predicted octanol–water partition coefficient (Wildman–Crippen LogP) is 6.21. The van der Waals surface area contributed by atoms with Crippen LogP contribution in [0, 0.1) is 5.82 Å². The van der Waals surface area contributed by atoms with Gasteiger partial charge < -0.3 is 9.72 Å². The Hall–Kier alpha value is -3.11. The SMILES string of the molecule is COc1ccc(-c2[nH]c(-c3c(F)cccc3Cl)nc2-c2ccccc2)cc1. The molecule has 134 valence electrons. The largest absolute Gasteiger partial charge is 0.497 e. The van der Waals surface area contributed by atoms with Crippen LogP contribution in [0.2, 0.25) is 5.02 Å². The summed E-state index contributed by atoms with van der Waals surface area (Å²) in [7, 11) is 1.62. The first kappa shape index (κ1) is 17.3. The first-order valence-electron chi connectivity index (χ1n) is 8.41. The number of aromatic nitrogens is 2. The lowest BCUT2D eigenvalue weighted by molar-refractivity contribution is 0.415. The lowest BCUT2D eigenvalue weighted by atomic mass is 10.1. The Morgan fingerprint density at radius 3 is 2.30 bits per heavy atom. The van der Waals surface area contributed by atoms with Crippen molar-refractivity contribution in [1.82, 2.24) is 9.97 Å². The summed E-state index contributed by atoms with van der Waals surface area (Å²) < 4.78 is 19.7. The fraction of sp³-hybridized carbons (Fsp3) is 0.0455. The lowest BCUT2D eigenvalue weighted by Gasteiger charge is -2.05. The topological polar surface area (TPSA) is 37.9 Å². The number of aromatic amines is 1. The van der Waals surface area contributed by atoms with Crippen LogP contribution >= 0.6 is 11.6 Å². The maximum Gasteiger partial charge on any atom is 0.143 e. The summed E-state index contributed by atoms with van der Waals surface area (Å²) in [5, 5.41) is 0.310. The zero-order chi connectivity index (χ0) is 18.8. The maximum absolute atomic E-state index is 14.4. The minimum atomic E-state index is -0.419. The van der Waals surface area contributed by atoms with E-state index in [2.05, 4.69) is 9.97 Å². The second-order valence-corrected chi connectivity index (χ2v) is 6.41. The Bertz CT molecular complexity index is 1060. The predicted molar refractivity (Wildman–Crippen MR) is 106 cm³/mol. The summed E-state index contributed by atoms with van der Waals surface area (Å²) in [5.41, 5.74) is 3.63. The van der Waals surface area contributed by atoms with Gasteiger partial charge in [-0.25, -0.2) is 9.37 Å². The van der Waals surface area contributed by atoms with E-state index in [1.807, 2.05) is 54.6 Å². The summed E-state index contributed by atoms with van der Waals surface area (Å²) in [6.07, 6.45) is 0. The minimum absolute atomic E-state index is 0.260. The van der Waals surface area contributed by atoms with Crippen molar-refractivity contribution in [2.24, 2.45) is 0 Å². The number of nitrogens with one attached hydrogen (secondary N) is 1. The zero-order valence-electron chi connectivity index (χ0n) is 14.5. The monoisotopic (exact) mass is 378 g/mol. The molecule has 0 aliphatic heterocycles. The van der Waals surface area contributed by atoms with Gasteiger partial charge in [-0.3, -0.25) is 0 Å². The Morgan fingerprint density at radius 2 is 1.63 bits per heavy atom. The number of ether oxygens (including phenoxy) is 1. The van der Waals surface area contributed by atoms with Gasteiger partial charge in [-0.05, 0) is 36.4 Å². The molecule has 0 bridgehead atoms. The van der Waals surface area contributed by atoms with Gasteiger partial charge in [-0.15, -0.1) is 0 Å². The highest BCUT2D eigenvalue weighted by molar-refractivity contribution is 6.33. The van der Waals surface area contributed by atoms with Crippen molar-refractivity contribution in [2.45, 2.75) is 0 Å². The minimum Gasteiger partial charge on any atom is -0.497 e. The van der Waals surface area contributed by atoms with E-state index >= 15 is 0 Å². The molecule has 5 heteroatoms. The molecule has 1 N–H and O–H groups in total. The van der Waals surface area contributed by atoms with Gasteiger partial charge in [0.05, 0.1) is 29.1 Å². The third-order valence-corrected chi connectivity index (χ3v) is 4.64. The Balaban J connectivity index is 1.92. The summed E-state index contributed by atoms with van der Waals surface area (Å²) >= 11 is 6.24. The van der Waals surface area contributed by atoms with E-state index in [0.29, 0.717) is 10.8 Å². The van der Waals surface area contributed by atoms with Crippen LogP contribution in [0.3, 0.4) is 0 Å². The summed E-state index contributed by atoms with van der Waals surface area (Å²) in [6, 6.07) is 22.0. The highest BCUT2D eigenvalue weighted by atomic mass is 35.5. The number of imidazole rings is 1. The van der Waals surface area contributed by atoms with Crippen LogP contribution in [0.4, 0.5) is 4.39 Å². The van der Waals surface area contributed by atoms with Crippen LogP contribution in [0.15, 0.2) is 72.8 Å². The number of hydrogen-bond donors (Lipinski definition) is 1. The van der Waals surface area contributed by atoms with E-state index in [1.165, 1.54) is 6.07 Å². The standard InChI is InChI=1S/C22H16ClFN2O/c1-27-16-12-10-15(11-13-16)21-20(14-6-3-2-4-7-14)25-22(26-21)19-17(23)8-5-9-18(19)24/h2-13H,1H3,(H,25,26). The van der Waals surface area contributed by atoms with Crippen LogP contribution in [0.25, 0.3) is 33.9 Å². The van der Waals surface area contributed by atoms with Gasteiger partial charge >= 0.3 is 0 Å². The molecular weight excluding hydrogens is 363 g/mol. The van der Waals surface area contributed by atoms with E-state index in [9.17, 15) is 4.39 Å². The Kier molecular flexibility index (Phi) is 4.65. The normalized spacial score (nSPS) is 10.8. The number of rotatable bonds is 4. The number of hydrogen-bond acceptors (Lipinski definition) is 2. The molecule has 0 spiro atoms. The van der Waals surface area contributed by atoms with Crippen molar-refractivity contribution in [3.63, 3.8) is 0 Å². The number of nitrogens with zero attached hydrogens (tertiary/aromatic N) is 1. The van der Waals surface area contributed by atoms with Crippen molar-refractivity contribution in [2.75, 3.05) is 7.11 Å². The van der Waals surface area contributed by atoms with Crippen LogP contribution in [-0.4, -0.2) is 17.1 Å². The molecule has 0 aliphatic rings. The van der Waals surface area contributed by atoms with E-state index in [0.717, 1.165) is 28.3 Å². The molecule has 1 aromatic heterocycles. The smallest absolute Gasteiger partial charge is 0.143 e. The molecular formula is C22H16ClFN2O. The highest BCUT2D eigenvalue weighted by Gasteiger charge is 2.19. The van der Waals surface area contributed by atoms with Crippen LogP contribution in [-0.2, 0) is 0 Å². The fourth-order valence-electron chi connectivity index (χ4n) is 2.99. The van der Waals surface area contributed by atoms with E-state index < -0.39 is 5.82 Å². The first-order valence-corrected chi connectivity index (χ1v) is 8.79. The Morgan fingerprint density at radius 1 is 0.889 bits per heavy atom. The van der Waals surface area contributed by atoms with Crippen molar-refractivity contribution in [3.05, 3.63) is 83.6 Å². The second-order valence-electron chi connectivity index (χ2n) is 6.00. The molecule has 3 aromatic carbocycles. The van der Waals surface area contributed by atoms with Gasteiger partial charge in [0.15, 0.2) is 0 Å². The van der Waals surface area contributed by atoms with Crippen molar-refractivity contribution in [3.8, 4) is 39.7 Å². The van der Waals surface area contributed by atoms with Gasteiger partial charge in [0, 0.05) is 11.1 Å². The molecule has 0 saturated carbocycles. The molecule has 1 heterocycles. The van der Waals surface area contributed by atoms with Crippen LogP contribution in [0.1, 0.15) is 0 Å². The van der Waals surface area contributed by atoms with Crippen molar-refractivity contribution >= 4 is 11.6 Å². The molecule has 3 nitrogen and oxygen atoms in total. The summed E-state index contributed by atoms with van der Waals surface area (Å²) in [5.74, 6) is 0.733. The van der Waals surface area contributed by atoms with E-state index in [1.54, 1.807) is 19.2 Å². The van der Waals surface area contributed by atoms with Crippen LogP contribution < -0.4 is 4.74 Å². The zero-order valence-corrected chi connectivity index (χ0v) is 15.3. The van der Waals surface area contributed by atoms with Gasteiger partial charge in [0.2, 0.25) is 0 Å². The lowest BCUT2D eigenvalue weighted by Crippen LogP contribution is -1.88. The van der Waals surface area contributed by atoms with Gasteiger partial charge in [0.25, 0.3) is 0 Å². The third-order valence-electron chi connectivity index (χ3n) is 4.33. The second kappa shape index (κ2) is 7.25. The molecule has 0 aliphatic carbocycles. The highest BCUT2D eigenvalue weighted by Crippen LogP contribution is 2.36. The quantitative estimate of drug-likeness (QED) is 0.458. The molecule has 4 rings (SSSR count). The molecule has 0 saturated heterocycles. The van der Waals surface area contributed by atoms with Crippen molar-refractivity contribution in [1.29, 1.82) is 0 Å². The molecule has 4 aromatic rings. The van der Waals surface area contributed by atoms with E-state index in [4.69, 9.17) is 16.3 Å². The fourth-order valence-corrected chi connectivity index (χ4v) is 3.24. The van der Waals surface area contributed by atoms with Gasteiger partial charge in [0.1, 0.15) is 17.4 Å². The third kappa shape index (κ3) is 3.32. The molecule has 27 heavy (non-hydrogen) atoms. The molecule has 0 radical (unpaired) electrons.